The average Bonchev–Trinajstić information content (AvgIpc) is 2.40. The molecule has 4 nitrogen and oxygen atoms in total. The predicted octanol–water partition coefficient (Wildman–Crippen LogP) is 4.25. The first-order chi connectivity index (χ1) is 9.97. The van der Waals surface area contributed by atoms with E-state index >= 15 is 0 Å². The van der Waals surface area contributed by atoms with Crippen molar-refractivity contribution in [3.8, 4) is 5.75 Å². The van der Waals surface area contributed by atoms with E-state index in [1.807, 2.05) is 0 Å². The fourth-order valence-corrected chi connectivity index (χ4v) is 2.40. The summed E-state index contributed by atoms with van der Waals surface area (Å²) in [6.07, 6.45) is 0. The molecule has 0 unspecified atom stereocenters. The number of nitrogen functional groups attached to an aromatic ring is 1. The lowest BCUT2D eigenvalue weighted by atomic mass is 10.3. The molecule has 0 aliphatic heterocycles. The van der Waals surface area contributed by atoms with Crippen LogP contribution in [0.2, 0.25) is 15.1 Å². The second-order valence-electron chi connectivity index (χ2n) is 4.13. The fourth-order valence-electron chi connectivity index (χ4n) is 1.60. The first-order valence-corrected chi connectivity index (χ1v) is 7.02. The Bertz CT molecular complexity index is 654. The number of anilines is 2. The van der Waals surface area contributed by atoms with Crippen molar-refractivity contribution in [2.75, 3.05) is 17.7 Å². The molecule has 2 aromatic carbocycles. The third-order valence-electron chi connectivity index (χ3n) is 2.52. The highest BCUT2D eigenvalue weighted by Crippen LogP contribution is 2.35. The number of carbonyl (C=O) groups excluding carboxylic acids is 1. The van der Waals surface area contributed by atoms with E-state index in [-0.39, 0.29) is 28.3 Å². The summed E-state index contributed by atoms with van der Waals surface area (Å²) < 4.78 is 5.32. The minimum Gasteiger partial charge on any atom is -0.481 e. The van der Waals surface area contributed by atoms with Gasteiger partial charge < -0.3 is 15.8 Å². The highest BCUT2D eigenvalue weighted by molar-refractivity contribution is 6.37. The van der Waals surface area contributed by atoms with Crippen LogP contribution >= 0.6 is 34.8 Å². The SMILES string of the molecule is Nc1cc(Cl)c(OCC(=O)Nc2ccccc2Cl)c(Cl)c1. The average molecular weight is 346 g/mol. The zero-order valence-electron chi connectivity index (χ0n) is 10.7. The van der Waals surface area contributed by atoms with E-state index in [9.17, 15) is 4.79 Å². The zero-order valence-corrected chi connectivity index (χ0v) is 13.0. The number of para-hydroxylation sites is 1. The fraction of sp³-hybridized carbons (Fsp3) is 0.0714. The zero-order chi connectivity index (χ0) is 15.4. The van der Waals surface area contributed by atoms with Crippen LogP contribution in [0.3, 0.4) is 0 Å². The maximum Gasteiger partial charge on any atom is 0.262 e. The molecular formula is C14H11Cl3N2O2. The Balaban J connectivity index is 2.01. The lowest BCUT2D eigenvalue weighted by Gasteiger charge is -2.11. The lowest BCUT2D eigenvalue weighted by Crippen LogP contribution is -2.20. The number of halogens is 3. The van der Waals surface area contributed by atoms with Crippen LogP contribution in [0.5, 0.6) is 5.75 Å². The van der Waals surface area contributed by atoms with Crippen LogP contribution < -0.4 is 15.8 Å². The van der Waals surface area contributed by atoms with Crippen LogP contribution in [0.4, 0.5) is 11.4 Å². The molecule has 2 rings (SSSR count). The van der Waals surface area contributed by atoms with Gasteiger partial charge in [-0.3, -0.25) is 4.79 Å². The standard InChI is InChI=1S/C14H11Cl3N2O2/c15-9-3-1-2-4-12(9)19-13(20)7-21-14-10(16)5-8(18)6-11(14)17/h1-6H,7,18H2,(H,19,20). The van der Waals surface area contributed by atoms with E-state index in [2.05, 4.69) is 5.32 Å². The van der Waals surface area contributed by atoms with Gasteiger partial charge in [-0.15, -0.1) is 0 Å². The molecule has 110 valence electrons. The summed E-state index contributed by atoms with van der Waals surface area (Å²) in [5.41, 5.74) is 6.50. The highest BCUT2D eigenvalue weighted by Gasteiger charge is 2.12. The molecule has 0 aromatic heterocycles. The molecule has 2 aromatic rings. The van der Waals surface area contributed by atoms with E-state index in [1.165, 1.54) is 12.1 Å². The largest absolute Gasteiger partial charge is 0.481 e. The van der Waals surface area contributed by atoms with Crippen molar-refractivity contribution in [3.63, 3.8) is 0 Å². The van der Waals surface area contributed by atoms with Gasteiger partial charge in [0.05, 0.1) is 20.8 Å². The van der Waals surface area contributed by atoms with Gasteiger partial charge in [-0.05, 0) is 24.3 Å². The van der Waals surface area contributed by atoms with Crippen LogP contribution in [0, 0.1) is 0 Å². The molecule has 0 saturated carbocycles. The second-order valence-corrected chi connectivity index (χ2v) is 5.35. The van der Waals surface area contributed by atoms with Gasteiger partial charge in [0.25, 0.3) is 5.91 Å². The summed E-state index contributed by atoms with van der Waals surface area (Å²) in [4.78, 5) is 11.8. The molecule has 0 aliphatic rings. The third-order valence-corrected chi connectivity index (χ3v) is 3.41. The van der Waals surface area contributed by atoms with E-state index < -0.39 is 0 Å². The van der Waals surface area contributed by atoms with Gasteiger partial charge in [0.1, 0.15) is 0 Å². The van der Waals surface area contributed by atoms with Crippen molar-refractivity contribution >= 4 is 52.1 Å². The Hall–Kier alpha value is -1.62. The number of carbonyl (C=O) groups is 1. The number of benzene rings is 2. The van der Waals surface area contributed by atoms with Gasteiger partial charge >= 0.3 is 0 Å². The van der Waals surface area contributed by atoms with Gasteiger partial charge in [-0.1, -0.05) is 46.9 Å². The number of hydrogen-bond donors (Lipinski definition) is 2. The topological polar surface area (TPSA) is 64.3 Å². The molecule has 7 heteroatoms. The minimum absolute atomic E-state index is 0.210. The van der Waals surface area contributed by atoms with Gasteiger partial charge in [-0.25, -0.2) is 0 Å². The first-order valence-electron chi connectivity index (χ1n) is 5.89. The van der Waals surface area contributed by atoms with Crippen LogP contribution in [0.25, 0.3) is 0 Å². The van der Waals surface area contributed by atoms with E-state index in [0.717, 1.165) is 0 Å². The minimum atomic E-state index is -0.382. The predicted molar refractivity (Wildman–Crippen MR) is 86.5 cm³/mol. The molecular weight excluding hydrogens is 335 g/mol. The van der Waals surface area contributed by atoms with Crippen molar-refractivity contribution in [1.29, 1.82) is 0 Å². The summed E-state index contributed by atoms with van der Waals surface area (Å²) in [6, 6.07) is 9.87. The van der Waals surface area contributed by atoms with E-state index in [4.69, 9.17) is 45.3 Å². The number of nitrogens with one attached hydrogen (secondary N) is 1. The maximum atomic E-state index is 11.8. The van der Waals surface area contributed by atoms with Crippen LogP contribution in [-0.4, -0.2) is 12.5 Å². The molecule has 3 N–H and O–H groups in total. The van der Waals surface area contributed by atoms with Crippen LogP contribution in [-0.2, 0) is 4.79 Å². The van der Waals surface area contributed by atoms with Crippen molar-refractivity contribution in [2.45, 2.75) is 0 Å². The molecule has 21 heavy (non-hydrogen) atoms. The normalized spacial score (nSPS) is 10.2. The molecule has 0 heterocycles. The number of rotatable bonds is 4. The summed E-state index contributed by atoms with van der Waals surface area (Å²) in [6.45, 7) is -0.255. The van der Waals surface area contributed by atoms with Crippen molar-refractivity contribution in [1.82, 2.24) is 0 Å². The van der Waals surface area contributed by atoms with Crippen molar-refractivity contribution < 1.29 is 9.53 Å². The lowest BCUT2D eigenvalue weighted by molar-refractivity contribution is -0.118. The monoisotopic (exact) mass is 344 g/mol. The molecule has 0 aliphatic carbocycles. The number of ether oxygens (including phenoxy) is 1. The molecule has 0 atom stereocenters. The van der Waals surface area contributed by atoms with Crippen LogP contribution in [0.1, 0.15) is 0 Å². The van der Waals surface area contributed by atoms with Crippen LogP contribution in [0.15, 0.2) is 36.4 Å². The van der Waals surface area contributed by atoms with Gasteiger partial charge in [-0.2, -0.15) is 0 Å². The molecule has 1 amide bonds. The molecule has 0 radical (unpaired) electrons. The number of amides is 1. The van der Waals surface area contributed by atoms with Gasteiger partial charge in [0.15, 0.2) is 12.4 Å². The van der Waals surface area contributed by atoms with Crippen molar-refractivity contribution in [3.05, 3.63) is 51.5 Å². The molecule has 0 spiro atoms. The molecule has 0 bridgehead atoms. The Labute approximate surface area is 136 Å². The van der Waals surface area contributed by atoms with E-state index in [0.29, 0.717) is 16.4 Å². The summed E-state index contributed by atoms with van der Waals surface area (Å²) in [7, 11) is 0. The summed E-state index contributed by atoms with van der Waals surface area (Å²) >= 11 is 17.9. The smallest absolute Gasteiger partial charge is 0.262 e. The number of hydrogen-bond acceptors (Lipinski definition) is 3. The highest BCUT2D eigenvalue weighted by atomic mass is 35.5. The third kappa shape index (κ3) is 4.17. The summed E-state index contributed by atoms with van der Waals surface area (Å²) in [5, 5.41) is 3.55. The molecule has 0 saturated heterocycles. The Morgan fingerprint density at radius 3 is 2.33 bits per heavy atom. The Morgan fingerprint density at radius 2 is 1.71 bits per heavy atom. The van der Waals surface area contributed by atoms with Crippen molar-refractivity contribution in [2.24, 2.45) is 0 Å². The van der Waals surface area contributed by atoms with Gasteiger partial charge in [0, 0.05) is 5.69 Å². The summed E-state index contributed by atoms with van der Waals surface area (Å²) in [5.74, 6) is -0.172. The Morgan fingerprint density at radius 1 is 1.10 bits per heavy atom. The Kier molecular flexibility index (Phi) is 5.17. The first kappa shape index (κ1) is 15.8. The second kappa shape index (κ2) is 6.89. The van der Waals surface area contributed by atoms with Gasteiger partial charge in [0.2, 0.25) is 0 Å². The quantitative estimate of drug-likeness (QED) is 0.814. The maximum absolute atomic E-state index is 11.8. The van der Waals surface area contributed by atoms with E-state index in [1.54, 1.807) is 24.3 Å². The number of nitrogens with two attached hydrogens (primary N) is 1. The molecule has 0 fully saturated rings.